The summed E-state index contributed by atoms with van der Waals surface area (Å²) >= 11 is 0. The Balaban J connectivity index is 2.01. The molecule has 1 amide bonds. The van der Waals surface area contributed by atoms with Crippen LogP contribution in [0.3, 0.4) is 0 Å². The Bertz CT molecular complexity index is 1070. The average Bonchev–Trinajstić information content (AvgIpc) is 2.62. The fourth-order valence-electron chi connectivity index (χ4n) is 3.13. The molecule has 0 fully saturated rings. The fourth-order valence-corrected chi connectivity index (χ4v) is 3.13. The highest BCUT2D eigenvalue weighted by Gasteiger charge is 2.18. The second kappa shape index (κ2) is 7.58. The van der Waals surface area contributed by atoms with Crippen LogP contribution in [-0.4, -0.2) is 10.5 Å². The van der Waals surface area contributed by atoms with E-state index >= 15 is 0 Å². The minimum Gasteiger partial charge on any atom is -0.344 e. The van der Waals surface area contributed by atoms with Crippen LogP contribution in [0, 0.1) is 26.6 Å². The van der Waals surface area contributed by atoms with Crippen molar-refractivity contribution in [1.29, 1.82) is 0 Å². The number of aromatic nitrogens is 1. The van der Waals surface area contributed by atoms with Crippen LogP contribution < -0.4 is 10.7 Å². The lowest BCUT2D eigenvalue weighted by Gasteiger charge is -2.18. The number of pyridine rings is 1. The van der Waals surface area contributed by atoms with Crippen LogP contribution in [-0.2, 0) is 6.54 Å². The van der Waals surface area contributed by atoms with Crippen LogP contribution in [0.4, 0.5) is 10.1 Å². The van der Waals surface area contributed by atoms with Gasteiger partial charge in [0.2, 0.25) is 0 Å². The number of aryl methyl sites for hydroxylation is 2. The second-order valence-electron chi connectivity index (χ2n) is 6.56. The number of nitrogens with zero attached hydrogens (tertiary/aromatic N) is 1. The van der Waals surface area contributed by atoms with Gasteiger partial charge in [-0.25, -0.2) is 4.39 Å². The van der Waals surface area contributed by atoms with Crippen LogP contribution in [0.5, 0.6) is 0 Å². The number of hydrogen-bond acceptors (Lipinski definition) is 2. The number of anilines is 1. The van der Waals surface area contributed by atoms with E-state index < -0.39 is 5.91 Å². The molecule has 1 aromatic heterocycles. The van der Waals surface area contributed by atoms with Crippen LogP contribution >= 0.6 is 0 Å². The molecule has 3 rings (SSSR count). The Labute approximate surface area is 157 Å². The van der Waals surface area contributed by atoms with E-state index in [4.69, 9.17) is 0 Å². The molecule has 138 valence electrons. The molecule has 0 radical (unpaired) electrons. The van der Waals surface area contributed by atoms with Gasteiger partial charge in [0.05, 0.1) is 6.54 Å². The SMILES string of the molecule is Cc1ccccc1NC(=O)c1c(C)n(Cc2ccccc2F)c(C)cc1=O. The third-order valence-electron chi connectivity index (χ3n) is 4.69. The molecule has 0 spiro atoms. The first kappa shape index (κ1) is 18.6. The average molecular weight is 364 g/mol. The summed E-state index contributed by atoms with van der Waals surface area (Å²) in [6.07, 6.45) is 0. The molecule has 1 N–H and O–H groups in total. The number of amides is 1. The monoisotopic (exact) mass is 364 g/mol. The summed E-state index contributed by atoms with van der Waals surface area (Å²) in [5, 5.41) is 2.80. The summed E-state index contributed by atoms with van der Waals surface area (Å²) in [6, 6.07) is 15.3. The molecular formula is C22H21FN2O2. The number of benzene rings is 2. The van der Waals surface area contributed by atoms with Gasteiger partial charge >= 0.3 is 0 Å². The topological polar surface area (TPSA) is 51.1 Å². The zero-order chi connectivity index (χ0) is 19.6. The molecule has 1 heterocycles. The molecule has 0 saturated heterocycles. The standard InChI is InChI=1S/C22H21FN2O2/c1-14-8-4-7-11-19(14)24-22(27)21-16(3)25(15(2)12-20(21)26)13-17-9-5-6-10-18(17)23/h4-12H,13H2,1-3H3,(H,24,27). The first-order chi connectivity index (χ1) is 12.9. The number of carbonyl (C=O) groups excluding carboxylic acids is 1. The van der Waals surface area contributed by atoms with Gasteiger partial charge in [-0.05, 0) is 38.5 Å². The maximum atomic E-state index is 14.1. The number of halogens is 1. The number of nitrogens with one attached hydrogen (secondary N) is 1. The summed E-state index contributed by atoms with van der Waals surface area (Å²) in [5.74, 6) is -0.782. The molecule has 5 heteroatoms. The Hall–Kier alpha value is -3.21. The van der Waals surface area contributed by atoms with Crippen molar-refractivity contribution in [2.24, 2.45) is 0 Å². The fraction of sp³-hybridized carbons (Fsp3) is 0.182. The third-order valence-corrected chi connectivity index (χ3v) is 4.69. The molecule has 0 aliphatic carbocycles. The van der Waals surface area contributed by atoms with Gasteiger partial charge in [-0.3, -0.25) is 9.59 Å². The van der Waals surface area contributed by atoms with E-state index in [0.717, 1.165) is 5.56 Å². The highest BCUT2D eigenvalue weighted by atomic mass is 19.1. The summed E-state index contributed by atoms with van der Waals surface area (Å²) < 4.78 is 15.8. The third kappa shape index (κ3) is 3.82. The number of carbonyl (C=O) groups is 1. The van der Waals surface area contributed by atoms with Crippen LogP contribution in [0.2, 0.25) is 0 Å². The van der Waals surface area contributed by atoms with Gasteiger partial charge in [-0.15, -0.1) is 0 Å². The normalized spacial score (nSPS) is 10.7. The van der Waals surface area contributed by atoms with Gasteiger partial charge in [0, 0.05) is 28.7 Å². The Morgan fingerprint density at radius 2 is 1.70 bits per heavy atom. The Morgan fingerprint density at radius 1 is 1.04 bits per heavy atom. The predicted molar refractivity (Wildman–Crippen MR) is 105 cm³/mol. The lowest BCUT2D eigenvalue weighted by atomic mass is 10.1. The van der Waals surface area contributed by atoms with E-state index in [0.29, 0.717) is 22.6 Å². The van der Waals surface area contributed by atoms with Crippen molar-refractivity contribution in [3.8, 4) is 0 Å². The molecule has 0 bridgehead atoms. The van der Waals surface area contributed by atoms with Crippen molar-refractivity contribution in [3.63, 3.8) is 0 Å². The molecule has 2 aromatic carbocycles. The van der Waals surface area contributed by atoms with Crippen molar-refractivity contribution in [1.82, 2.24) is 4.57 Å². The highest BCUT2D eigenvalue weighted by molar-refractivity contribution is 6.05. The number of rotatable bonds is 4. The first-order valence-electron chi connectivity index (χ1n) is 8.70. The van der Waals surface area contributed by atoms with Crippen molar-refractivity contribution >= 4 is 11.6 Å². The van der Waals surface area contributed by atoms with Gasteiger partial charge in [0.25, 0.3) is 5.91 Å². The first-order valence-corrected chi connectivity index (χ1v) is 8.70. The largest absolute Gasteiger partial charge is 0.344 e. The van der Waals surface area contributed by atoms with E-state index in [1.807, 2.05) is 25.1 Å². The second-order valence-corrected chi connectivity index (χ2v) is 6.56. The van der Waals surface area contributed by atoms with Crippen LogP contribution in [0.25, 0.3) is 0 Å². The minimum atomic E-state index is -0.464. The highest BCUT2D eigenvalue weighted by Crippen LogP contribution is 2.17. The quantitative estimate of drug-likeness (QED) is 0.754. The maximum Gasteiger partial charge on any atom is 0.261 e. The van der Waals surface area contributed by atoms with Crippen molar-refractivity contribution in [3.05, 3.63) is 98.7 Å². The van der Waals surface area contributed by atoms with Gasteiger partial charge in [0.1, 0.15) is 11.4 Å². The maximum absolute atomic E-state index is 14.1. The molecule has 0 aliphatic heterocycles. The zero-order valence-electron chi connectivity index (χ0n) is 15.5. The van der Waals surface area contributed by atoms with Crippen molar-refractivity contribution in [2.75, 3.05) is 5.32 Å². The molecule has 3 aromatic rings. The van der Waals surface area contributed by atoms with Crippen molar-refractivity contribution < 1.29 is 9.18 Å². The summed E-state index contributed by atoms with van der Waals surface area (Å²) in [6.45, 7) is 5.61. The van der Waals surface area contributed by atoms with Gasteiger partial charge < -0.3 is 9.88 Å². The predicted octanol–water partition coefficient (Wildman–Crippen LogP) is 4.21. The number of hydrogen-bond donors (Lipinski definition) is 1. The van der Waals surface area contributed by atoms with Crippen LogP contribution in [0.1, 0.15) is 32.9 Å². The van der Waals surface area contributed by atoms with Gasteiger partial charge in [0.15, 0.2) is 5.43 Å². The summed E-state index contributed by atoms with van der Waals surface area (Å²) in [7, 11) is 0. The Morgan fingerprint density at radius 3 is 2.41 bits per heavy atom. The van der Waals surface area contributed by atoms with Crippen molar-refractivity contribution in [2.45, 2.75) is 27.3 Å². The molecule has 27 heavy (non-hydrogen) atoms. The summed E-state index contributed by atoms with van der Waals surface area (Å²) in [4.78, 5) is 25.3. The lowest BCUT2D eigenvalue weighted by Crippen LogP contribution is -2.27. The molecule has 0 aliphatic rings. The van der Waals surface area contributed by atoms with Crippen LogP contribution in [0.15, 0.2) is 59.4 Å². The van der Waals surface area contributed by atoms with E-state index in [-0.39, 0.29) is 23.4 Å². The van der Waals surface area contributed by atoms with E-state index in [1.54, 1.807) is 42.7 Å². The number of para-hydroxylation sites is 1. The smallest absolute Gasteiger partial charge is 0.261 e. The van der Waals surface area contributed by atoms with E-state index in [1.165, 1.54) is 12.1 Å². The summed E-state index contributed by atoms with van der Waals surface area (Å²) in [5.41, 5.74) is 2.96. The molecule has 0 atom stereocenters. The molecule has 0 unspecified atom stereocenters. The molecule has 4 nitrogen and oxygen atoms in total. The molecular weight excluding hydrogens is 343 g/mol. The lowest BCUT2D eigenvalue weighted by molar-refractivity contribution is 0.102. The minimum absolute atomic E-state index is 0.0696. The van der Waals surface area contributed by atoms with Gasteiger partial charge in [-0.2, -0.15) is 0 Å². The van der Waals surface area contributed by atoms with Gasteiger partial charge in [-0.1, -0.05) is 36.4 Å². The molecule has 0 saturated carbocycles. The van der Waals surface area contributed by atoms with E-state index in [2.05, 4.69) is 5.32 Å². The Kier molecular flexibility index (Phi) is 5.21. The zero-order valence-corrected chi connectivity index (χ0v) is 15.5. The van der Waals surface area contributed by atoms with E-state index in [9.17, 15) is 14.0 Å².